The molecule has 1 heterocycles. The highest BCUT2D eigenvalue weighted by Crippen LogP contribution is 2.33. The Morgan fingerprint density at radius 2 is 1.67 bits per heavy atom. The van der Waals surface area contributed by atoms with E-state index in [1.54, 1.807) is 0 Å². The van der Waals surface area contributed by atoms with Crippen LogP contribution in [-0.4, -0.2) is 4.98 Å². The van der Waals surface area contributed by atoms with Gasteiger partial charge in [0.2, 0.25) is 0 Å². The minimum absolute atomic E-state index is 0.584. The highest BCUT2D eigenvalue weighted by Gasteiger charge is 2.16. The fourth-order valence-electron chi connectivity index (χ4n) is 3.33. The lowest BCUT2D eigenvalue weighted by atomic mass is 9.84. The van der Waals surface area contributed by atoms with Gasteiger partial charge in [-0.05, 0) is 47.9 Å². The van der Waals surface area contributed by atoms with Crippen LogP contribution in [0.5, 0.6) is 0 Å². The van der Waals surface area contributed by atoms with Gasteiger partial charge in [0.15, 0.2) is 0 Å². The Morgan fingerprint density at radius 3 is 2.33 bits per heavy atom. The van der Waals surface area contributed by atoms with Gasteiger partial charge in [0.1, 0.15) is 0 Å². The first kappa shape index (κ1) is 14.3. The fourth-order valence-corrected chi connectivity index (χ4v) is 3.33. The van der Waals surface area contributed by atoms with Crippen LogP contribution in [0.1, 0.15) is 68.9 Å². The van der Waals surface area contributed by atoms with Gasteiger partial charge in [-0.2, -0.15) is 0 Å². The van der Waals surface area contributed by atoms with E-state index in [2.05, 4.69) is 55.2 Å². The highest BCUT2D eigenvalue weighted by molar-refractivity contribution is 5.60. The minimum Gasteiger partial charge on any atom is -0.256 e. The van der Waals surface area contributed by atoms with Gasteiger partial charge in [-0.3, -0.25) is 4.98 Å². The molecular formula is C20H25N. The summed E-state index contributed by atoms with van der Waals surface area (Å²) in [6, 6.07) is 13.4. The molecular weight excluding hydrogens is 254 g/mol. The maximum Gasteiger partial charge on any atom is 0.0704 e. The summed E-state index contributed by atoms with van der Waals surface area (Å²) in [4.78, 5) is 4.58. The van der Waals surface area contributed by atoms with Crippen molar-refractivity contribution in [3.8, 4) is 11.3 Å². The molecule has 1 aliphatic rings. The van der Waals surface area contributed by atoms with Gasteiger partial charge in [-0.15, -0.1) is 0 Å². The summed E-state index contributed by atoms with van der Waals surface area (Å²) in [5, 5.41) is 0. The standard InChI is InChI=1S/C20H25N/c1-15(2)16-8-10-18(11-9-16)20-14-19(12-13-21-20)17-6-4-3-5-7-17/h8-15,17H,3-7H2,1-2H3. The summed E-state index contributed by atoms with van der Waals surface area (Å²) in [7, 11) is 0. The molecule has 0 N–H and O–H groups in total. The van der Waals surface area contributed by atoms with Gasteiger partial charge in [-0.1, -0.05) is 57.4 Å². The van der Waals surface area contributed by atoms with Crippen molar-refractivity contribution < 1.29 is 0 Å². The maximum atomic E-state index is 4.58. The SMILES string of the molecule is CC(C)c1ccc(-c2cc(C3CCCCC3)ccn2)cc1. The zero-order valence-corrected chi connectivity index (χ0v) is 13.2. The van der Waals surface area contributed by atoms with E-state index in [1.807, 2.05) is 6.20 Å². The third kappa shape index (κ3) is 3.34. The van der Waals surface area contributed by atoms with E-state index in [-0.39, 0.29) is 0 Å². The largest absolute Gasteiger partial charge is 0.256 e. The van der Waals surface area contributed by atoms with Gasteiger partial charge in [0, 0.05) is 11.8 Å². The van der Waals surface area contributed by atoms with Crippen LogP contribution in [0.2, 0.25) is 0 Å². The summed E-state index contributed by atoms with van der Waals surface area (Å²) in [5.74, 6) is 1.33. The van der Waals surface area contributed by atoms with Crippen molar-refractivity contribution >= 4 is 0 Å². The van der Waals surface area contributed by atoms with Crippen LogP contribution < -0.4 is 0 Å². The number of benzene rings is 1. The first-order chi connectivity index (χ1) is 10.2. The van der Waals surface area contributed by atoms with Gasteiger partial charge < -0.3 is 0 Å². The molecule has 0 aliphatic heterocycles. The Morgan fingerprint density at radius 1 is 0.952 bits per heavy atom. The van der Waals surface area contributed by atoms with E-state index in [4.69, 9.17) is 0 Å². The number of nitrogens with zero attached hydrogens (tertiary/aromatic N) is 1. The van der Waals surface area contributed by atoms with E-state index in [0.717, 1.165) is 11.6 Å². The van der Waals surface area contributed by atoms with Crippen LogP contribution in [0.25, 0.3) is 11.3 Å². The van der Waals surface area contributed by atoms with Crippen LogP contribution in [0, 0.1) is 0 Å². The molecule has 110 valence electrons. The van der Waals surface area contributed by atoms with E-state index < -0.39 is 0 Å². The zero-order chi connectivity index (χ0) is 14.7. The van der Waals surface area contributed by atoms with Crippen molar-refractivity contribution in [2.75, 3.05) is 0 Å². The summed E-state index contributed by atoms with van der Waals surface area (Å²) in [6.45, 7) is 4.47. The normalized spacial score (nSPS) is 16.3. The number of rotatable bonds is 3. The zero-order valence-electron chi connectivity index (χ0n) is 13.2. The second-order valence-corrected chi connectivity index (χ2v) is 6.59. The molecule has 1 saturated carbocycles. The van der Waals surface area contributed by atoms with Crippen LogP contribution in [-0.2, 0) is 0 Å². The molecule has 0 atom stereocenters. The summed E-state index contributed by atoms with van der Waals surface area (Å²) in [5.41, 5.74) is 5.22. The Labute approximate surface area is 128 Å². The summed E-state index contributed by atoms with van der Waals surface area (Å²) < 4.78 is 0. The first-order valence-electron chi connectivity index (χ1n) is 8.30. The van der Waals surface area contributed by atoms with Crippen LogP contribution in [0.4, 0.5) is 0 Å². The van der Waals surface area contributed by atoms with Gasteiger partial charge in [0.25, 0.3) is 0 Å². The lowest BCUT2D eigenvalue weighted by molar-refractivity contribution is 0.443. The second kappa shape index (κ2) is 6.43. The smallest absolute Gasteiger partial charge is 0.0704 e. The molecule has 0 bridgehead atoms. The molecule has 21 heavy (non-hydrogen) atoms. The van der Waals surface area contributed by atoms with Crippen molar-refractivity contribution in [2.45, 2.75) is 57.8 Å². The molecule has 0 saturated heterocycles. The highest BCUT2D eigenvalue weighted by atomic mass is 14.7. The lowest BCUT2D eigenvalue weighted by Gasteiger charge is -2.22. The van der Waals surface area contributed by atoms with Gasteiger partial charge in [-0.25, -0.2) is 0 Å². The van der Waals surface area contributed by atoms with Crippen molar-refractivity contribution in [3.63, 3.8) is 0 Å². The van der Waals surface area contributed by atoms with Crippen molar-refractivity contribution in [1.29, 1.82) is 0 Å². The van der Waals surface area contributed by atoms with Gasteiger partial charge >= 0.3 is 0 Å². The first-order valence-corrected chi connectivity index (χ1v) is 8.30. The number of hydrogen-bond acceptors (Lipinski definition) is 1. The van der Waals surface area contributed by atoms with E-state index in [0.29, 0.717) is 5.92 Å². The number of hydrogen-bond donors (Lipinski definition) is 0. The topological polar surface area (TPSA) is 12.9 Å². The molecule has 3 rings (SSSR count). The Bertz CT molecular complexity index is 577. The third-order valence-corrected chi connectivity index (χ3v) is 4.73. The molecule has 1 aliphatic carbocycles. The Kier molecular flexibility index (Phi) is 4.38. The Hall–Kier alpha value is -1.63. The average molecular weight is 279 g/mol. The molecule has 0 unspecified atom stereocenters. The molecule has 0 amide bonds. The molecule has 1 fully saturated rings. The van der Waals surface area contributed by atoms with Crippen LogP contribution in [0.15, 0.2) is 42.6 Å². The molecule has 1 aromatic heterocycles. The maximum absolute atomic E-state index is 4.58. The molecule has 1 heteroatoms. The summed E-state index contributed by atoms with van der Waals surface area (Å²) in [6.07, 6.45) is 8.84. The number of pyridine rings is 1. The molecule has 0 radical (unpaired) electrons. The predicted molar refractivity (Wildman–Crippen MR) is 89.6 cm³/mol. The molecule has 0 spiro atoms. The lowest BCUT2D eigenvalue weighted by Crippen LogP contribution is -2.04. The van der Waals surface area contributed by atoms with Crippen molar-refractivity contribution in [1.82, 2.24) is 4.98 Å². The molecule has 1 nitrogen and oxygen atoms in total. The fraction of sp³-hybridized carbons (Fsp3) is 0.450. The van der Waals surface area contributed by atoms with Crippen molar-refractivity contribution in [3.05, 3.63) is 53.7 Å². The third-order valence-electron chi connectivity index (χ3n) is 4.73. The minimum atomic E-state index is 0.584. The molecule has 1 aromatic carbocycles. The predicted octanol–water partition coefficient (Wildman–Crippen LogP) is 5.92. The van der Waals surface area contributed by atoms with Crippen LogP contribution in [0.3, 0.4) is 0 Å². The summed E-state index contributed by atoms with van der Waals surface area (Å²) >= 11 is 0. The second-order valence-electron chi connectivity index (χ2n) is 6.59. The molecule has 2 aromatic rings. The van der Waals surface area contributed by atoms with E-state index in [1.165, 1.54) is 48.8 Å². The van der Waals surface area contributed by atoms with E-state index >= 15 is 0 Å². The average Bonchev–Trinajstić information content (AvgIpc) is 2.56. The van der Waals surface area contributed by atoms with Crippen LogP contribution >= 0.6 is 0 Å². The quantitative estimate of drug-likeness (QED) is 0.679. The van der Waals surface area contributed by atoms with Crippen molar-refractivity contribution in [2.24, 2.45) is 0 Å². The van der Waals surface area contributed by atoms with Gasteiger partial charge in [0.05, 0.1) is 5.69 Å². The number of aromatic nitrogens is 1. The Balaban J connectivity index is 1.84. The van der Waals surface area contributed by atoms with E-state index in [9.17, 15) is 0 Å². The monoisotopic (exact) mass is 279 g/mol.